The smallest absolute Gasteiger partial charge is 0.251 e. The molecule has 5 heteroatoms. The second-order valence-corrected chi connectivity index (χ2v) is 5.36. The molecular weight excluding hydrogens is 318 g/mol. The molecule has 0 bridgehead atoms. The number of phenols is 1. The highest BCUT2D eigenvalue weighted by molar-refractivity contribution is 9.10. The highest BCUT2D eigenvalue weighted by Gasteiger charge is 2.27. The Morgan fingerprint density at radius 1 is 1.44 bits per heavy atom. The van der Waals surface area contributed by atoms with E-state index in [-0.39, 0.29) is 17.2 Å². The van der Waals surface area contributed by atoms with Crippen LogP contribution in [0.25, 0.3) is 0 Å². The highest BCUT2D eigenvalue weighted by Crippen LogP contribution is 2.25. The molecule has 3 nitrogen and oxygen atoms in total. The summed E-state index contributed by atoms with van der Waals surface area (Å²) in [4.78, 5) is 12.1. The Balaban J connectivity index is 2.90. The van der Waals surface area contributed by atoms with Gasteiger partial charge in [0.25, 0.3) is 5.91 Å². The Kier molecular flexibility index (Phi) is 5.47. The standard InChI is InChI=1S/C13H17BrClNO2/c1-3-13(4-2,8-15)16-12(18)9-5-6-10(14)11(17)7-9/h5-7,17H,3-4,8H2,1-2H3,(H,16,18). The third kappa shape index (κ3) is 3.39. The van der Waals surface area contributed by atoms with E-state index in [1.54, 1.807) is 12.1 Å². The zero-order valence-electron chi connectivity index (χ0n) is 10.5. The number of hydrogen-bond acceptors (Lipinski definition) is 2. The first kappa shape index (κ1) is 15.3. The fraction of sp³-hybridized carbons (Fsp3) is 0.462. The number of alkyl halides is 1. The van der Waals surface area contributed by atoms with Gasteiger partial charge in [-0.1, -0.05) is 13.8 Å². The highest BCUT2D eigenvalue weighted by atomic mass is 79.9. The van der Waals surface area contributed by atoms with Gasteiger partial charge in [-0.25, -0.2) is 0 Å². The van der Waals surface area contributed by atoms with Crippen LogP contribution < -0.4 is 5.32 Å². The average Bonchev–Trinajstić information content (AvgIpc) is 2.39. The van der Waals surface area contributed by atoms with E-state index in [1.807, 2.05) is 13.8 Å². The topological polar surface area (TPSA) is 49.3 Å². The molecule has 0 saturated heterocycles. The molecule has 0 aliphatic carbocycles. The van der Waals surface area contributed by atoms with E-state index in [2.05, 4.69) is 21.2 Å². The average molecular weight is 335 g/mol. The van der Waals surface area contributed by atoms with Crippen molar-refractivity contribution in [2.45, 2.75) is 32.2 Å². The second kappa shape index (κ2) is 6.43. The van der Waals surface area contributed by atoms with Gasteiger partial charge in [0.15, 0.2) is 0 Å². The van der Waals surface area contributed by atoms with E-state index in [4.69, 9.17) is 11.6 Å². The minimum atomic E-state index is -0.388. The molecule has 0 fully saturated rings. The van der Waals surface area contributed by atoms with Crippen molar-refractivity contribution in [1.29, 1.82) is 0 Å². The minimum absolute atomic E-state index is 0.0483. The lowest BCUT2D eigenvalue weighted by Crippen LogP contribution is -2.49. The molecule has 1 amide bonds. The number of carbonyl (C=O) groups is 1. The number of halogens is 2. The molecule has 0 atom stereocenters. The zero-order chi connectivity index (χ0) is 13.8. The van der Waals surface area contributed by atoms with Gasteiger partial charge in [0.05, 0.1) is 10.0 Å². The van der Waals surface area contributed by atoms with Crippen molar-refractivity contribution in [3.8, 4) is 5.75 Å². The summed E-state index contributed by atoms with van der Waals surface area (Å²) < 4.78 is 0.564. The maximum Gasteiger partial charge on any atom is 0.251 e. The Morgan fingerprint density at radius 2 is 2.06 bits per heavy atom. The van der Waals surface area contributed by atoms with Crippen LogP contribution in [0.15, 0.2) is 22.7 Å². The van der Waals surface area contributed by atoms with Crippen molar-refractivity contribution in [2.75, 3.05) is 5.88 Å². The maximum absolute atomic E-state index is 12.1. The summed E-state index contributed by atoms with van der Waals surface area (Å²) in [6.45, 7) is 3.98. The maximum atomic E-state index is 12.1. The quantitative estimate of drug-likeness (QED) is 0.807. The van der Waals surface area contributed by atoms with Crippen LogP contribution in [0.5, 0.6) is 5.75 Å². The van der Waals surface area contributed by atoms with Crippen LogP contribution in [0.3, 0.4) is 0 Å². The fourth-order valence-electron chi connectivity index (χ4n) is 1.62. The van der Waals surface area contributed by atoms with Gasteiger partial charge in [-0.05, 0) is 47.0 Å². The Labute approximate surface area is 121 Å². The molecule has 0 unspecified atom stereocenters. The normalized spacial score (nSPS) is 11.3. The molecule has 0 spiro atoms. The number of hydrogen-bond donors (Lipinski definition) is 2. The lowest BCUT2D eigenvalue weighted by molar-refractivity contribution is 0.0902. The molecule has 0 aliphatic rings. The van der Waals surface area contributed by atoms with E-state index in [1.165, 1.54) is 6.07 Å². The summed E-state index contributed by atoms with van der Waals surface area (Å²) in [5, 5.41) is 12.5. The fourth-order valence-corrected chi connectivity index (χ4v) is 2.31. The van der Waals surface area contributed by atoms with E-state index >= 15 is 0 Å². The van der Waals surface area contributed by atoms with Crippen LogP contribution >= 0.6 is 27.5 Å². The Hall–Kier alpha value is -0.740. The van der Waals surface area contributed by atoms with Crippen LogP contribution in [0.1, 0.15) is 37.0 Å². The zero-order valence-corrected chi connectivity index (χ0v) is 12.8. The van der Waals surface area contributed by atoms with Gasteiger partial charge < -0.3 is 10.4 Å². The largest absolute Gasteiger partial charge is 0.507 e. The first-order valence-corrected chi connectivity index (χ1v) is 7.17. The molecule has 1 aromatic rings. The third-order valence-corrected chi connectivity index (χ3v) is 4.38. The molecule has 0 saturated carbocycles. The number of phenolic OH excluding ortho intramolecular Hbond substituents is 1. The summed E-state index contributed by atoms with van der Waals surface area (Å²) in [6, 6.07) is 4.73. The second-order valence-electron chi connectivity index (χ2n) is 4.24. The van der Waals surface area contributed by atoms with Crippen molar-refractivity contribution >= 4 is 33.4 Å². The van der Waals surface area contributed by atoms with Crippen LogP contribution in [0, 0.1) is 0 Å². The Bertz CT molecular complexity index is 425. The van der Waals surface area contributed by atoms with Gasteiger partial charge in [-0.2, -0.15) is 0 Å². The molecule has 1 rings (SSSR count). The van der Waals surface area contributed by atoms with Gasteiger partial charge >= 0.3 is 0 Å². The van der Waals surface area contributed by atoms with E-state index in [0.717, 1.165) is 12.8 Å². The van der Waals surface area contributed by atoms with Crippen LogP contribution in [-0.2, 0) is 0 Å². The number of amides is 1. The molecule has 2 N–H and O–H groups in total. The van der Waals surface area contributed by atoms with Crippen LogP contribution in [0.2, 0.25) is 0 Å². The molecule has 100 valence electrons. The minimum Gasteiger partial charge on any atom is -0.507 e. The molecule has 0 aromatic heterocycles. The van der Waals surface area contributed by atoms with E-state index < -0.39 is 0 Å². The van der Waals surface area contributed by atoms with Gasteiger partial charge in [-0.15, -0.1) is 11.6 Å². The number of carbonyl (C=O) groups excluding carboxylic acids is 1. The van der Waals surface area contributed by atoms with Crippen molar-refractivity contribution < 1.29 is 9.90 Å². The van der Waals surface area contributed by atoms with Gasteiger partial charge in [0.1, 0.15) is 5.75 Å². The Morgan fingerprint density at radius 3 is 2.50 bits per heavy atom. The van der Waals surface area contributed by atoms with Crippen molar-refractivity contribution in [1.82, 2.24) is 5.32 Å². The van der Waals surface area contributed by atoms with E-state index in [9.17, 15) is 9.90 Å². The molecule has 0 heterocycles. The molecular formula is C13H17BrClNO2. The number of rotatable bonds is 5. The lowest BCUT2D eigenvalue weighted by atomic mass is 9.94. The van der Waals surface area contributed by atoms with Crippen LogP contribution in [0.4, 0.5) is 0 Å². The third-order valence-electron chi connectivity index (χ3n) is 3.20. The first-order valence-electron chi connectivity index (χ1n) is 5.85. The van der Waals surface area contributed by atoms with Crippen molar-refractivity contribution in [3.63, 3.8) is 0 Å². The molecule has 1 aromatic carbocycles. The first-order chi connectivity index (χ1) is 8.48. The summed E-state index contributed by atoms with van der Waals surface area (Å²) in [5.74, 6) is 0.197. The SMILES string of the molecule is CCC(CC)(CCl)NC(=O)c1ccc(Br)c(O)c1. The van der Waals surface area contributed by atoms with E-state index in [0.29, 0.717) is 15.9 Å². The number of nitrogens with one attached hydrogen (secondary N) is 1. The predicted octanol–water partition coefficient (Wildman–Crippen LogP) is 3.68. The summed E-state index contributed by atoms with van der Waals surface area (Å²) in [5.41, 5.74) is 0.0357. The van der Waals surface area contributed by atoms with Crippen molar-refractivity contribution in [3.05, 3.63) is 28.2 Å². The summed E-state index contributed by atoms with van der Waals surface area (Å²) in [6.07, 6.45) is 1.53. The summed E-state index contributed by atoms with van der Waals surface area (Å²) in [7, 11) is 0. The predicted molar refractivity (Wildman–Crippen MR) is 77.3 cm³/mol. The monoisotopic (exact) mass is 333 g/mol. The molecule has 0 radical (unpaired) electrons. The summed E-state index contributed by atoms with van der Waals surface area (Å²) >= 11 is 9.12. The van der Waals surface area contributed by atoms with Gasteiger partial charge in [0.2, 0.25) is 0 Å². The molecule has 18 heavy (non-hydrogen) atoms. The van der Waals surface area contributed by atoms with Crippen molar-refractivity contribution in [2.24, 2.45) is 0 Å². The number of benzene rings is 1. The number of aromatic hydroxyl groups is 1. The lowest BCUT2D eigenvalue weighted by Gasteiger charge is -2.30. The molecule has 0 aliphatic heterocycles. The van der Waals surface area contributed by atoms with Gasteiger partial charge in [-0.3, -0.25) is 4.79 Å². The van der Waals surface area contributed by atoms with Gasteiger partial charge in [0, 0.05) is 11.4 Å². The van der Waals surface area contributed by atoms with Crippen LogP contribution in [-0.4, -0.2) is 22.4 Å².